The molecular formula is C20H22N2O5. The number of hydrogen-bond acceptors (Lipinski definition) is 5. The number of anilines is 1. The monoisotopic (exact) mass is 370 g/mol. The third kappa shape index (κ3) is 5.57. The first-order chi connectivity index (χ1) is 12.9. The van der Waals surface area contributed by atoms with E-state index >= 15 is 0 Å². The predicted molar refractivity (Wildman–Crippen MR) is 101 cm³/mol. The summed E-state index contributed by atoms with van der Waals surface area (Å²) in [7, 11) is 3.11. The van der Waals surface area contributed by atoms with Crippen molar-refractivity contribution in [2.75, 3.05) is 26.1 Å². The number of carbonyl (C=O) groups is 3. The molecule has 0 bridgehead atoms. The van der Waals surface area contributed by atoms with Crippen LogP contribution in [0.5, 0.6) is 11.5 Å². The number of hydrogen-bond donors (Lipinski definition) is 2. The summed E-state index contributed by atoms with van der Waals surface area (Å²) < 4.78 is 10.4. The normalized spacial score (nSPS) is 10.0. The second-order valence-electron chi connectivity index (χ2n) is 5.79. The van der Waals surface area contributed by atoms with Crippen LogP contribution >= 0.6 is 0 Å². The summed E-state index contributed by atoms with van der Waals surface area (Å²) in [6, 6.07) is 11.9. The highest BCUT2D eigenvalue weighted by molar-refractivity contribution is 6.39. The van der Waals surface area contributed by atoms with E-state index in [0.29, 0.717) is 29.2 Å². The molecule has 0 spiro atoms. The molecule has 7 heteroatoms. The molecule has 0 saturated heterocycles. The largest absolute Gasteiger partial charge is 0.493 e. The third-order valence-electron chi connectivity index (χ3n) is 3.88. The van der Waals surface area contributed by atoms with E-state index in [1.165, 1.54) is 13.0 Å². The summed E-state index contributed by atoms with van der Waals surface area (Å²) in [6.07, 6.45) is 0.527. The van der Waals surface area contributed by atoms with Gasteiger partial charge in [0, 0.05) is 17.8 Å². The van der Waals surface area contributed by atoms with Gasteiger partial charge in [0.05, 0.1) is 14.2 Å². The molecule has 2 aromatic rings. The summed E-state index contributed by atoms with van der Waals surface area (Å²) in [5.74, 6) is -0.431. The van der Waals surface area contributed by atoms with Gasteiger partial charge in [0.2, 0.25) is 0 Å². The van der Waals surface area contributed by atoms with Crippen LogP contribution in [-0.4, -0.2) is 38.4 Å². The molecule has 0 aromatic heterocycles. The molecule has 0 aliphatic carbocycles. The fourth-order valence-electron chi connectivity index (χ4n) is 2.44. The van der Waals surface area contributed by atoms with Gasteiger partial charge in [-0.25, -0.2) is 0 Å². The van der Waals surface area contributed by atoms with Crippen LogP contribution in [0, 0.1) is 0 Å². The number of ether oxygens (including phenoxy) is 2. The summed E-state index contributed by atoms with van der Waals surface area (Å²) in [6.45, 7) is 1.72. The molecule has 7 nitrogen and oxygen atoms in total. The molecule has 27 heavy (non-hydrogen) atoms. The molecule has 0 unspecified atom stereocenters. The molecule has 0 fully saturated rings. The Kier molecular flexibility index (Phi) is 6.93. The van der Waals surface area contributed by atoms with Crippen LogP contribution in [-0.2, 0) is 16.0 Å². The summed E-state index contributed by atoms with van der Waals surface area (Å²) in [5, 5.41) is 5.04. The van der Waals surface area contributed by atoms with E-state index < -0.39 is 11.8 Å². The van der Waals surface area contributed by atoms with Crippen molar-refractivity contribution in [3.8, 4) is 11.5 Å². The first-order valence-corrected chi connectivity index (χ1v) is 8.35. The van der Waals surface area contributed by atoms with E-state index in [2.05, 4.69) is 10.6 Å². The highest BCUT2D eigenvalue weighted by Gasteiger charge is 2.14. The fourth-order valence-corrected chi connectivity index (χ4v) is 2.44. The van der Waals surface area contributed by atoms with Gasteiger partial charge < -0.3 is 20.1 Å². The third-order valence-corrected chi connectivity index (χ3v) is 3.88. The first kappa shape index (κ1) is 20.0. The van der Waals surface area contributed by atoms with E-state index in [1.54, 1.807) is 38.5 Å². The van der Waals surface area contributed by atoms with Crippen molar-refractivity contribution in [3.63, 3.8) is 0 Å². The molecule has 2 rings (SSSR count). The second-order valence-corrected chi connectivity index (χ2v) is 5.79. The topological polar surface area (TPSA) is 93.7 Å². The molecule has 0 aliphatic rings. The lowest BCUT2D eigenvalue weighted by molar-refractivity contribution is -0.136. The van der Waals surface area contributed by atoms with Crippen molar-refractivity contribution >= 4 is 23.3 Å². The van der Waals surface area contributed by atoms with Gasteiger partial charge in [-0.3, -0.25) is 14.4 Å². The van der Waals surface area contributed by atoms with Crippen molar-refractivity contribution < 1.29 is 23.9 Å². The summed E-state index contributed by atoms with van der Waals surface area (Å²) in [5.41, 5.74) is 1.78. The van der Waals surface area contributed by atoms with Gasteiger partial charge in [-0.1, -0.05) is 18.2 Å². The fraction of sp³-hybridized carbons (Fsp3) is 0.250. The van der Waals surface area contributed by atoms with Gasteiger partial charge in [-0.2, -0.15) is 0 Å². The molecule has 2 amide bonds. The number of methoxy groups -OCH3 is 2. The minimum Gasteiger partial charge on any atom is -0.493 e. The van der Waals surface area contributed by atoms with Crippen LogP contribution in [0.1, 0.15) is 22.8 Å². The number of benzene rings is 2. The zero-order valence-corrected chi connectivity index (χ0v) is 15.5. The standard InChI is InChI=1S/C20H22N2O5/c1-13(23)15-5-4-6-16(12-15)22-20(25)19(24)21-10-9-14-7-8-17(26-2)18(11-14)27-3/h4-8,11-12H,9-10H2,1-3H3,(H,21,24)(H,22,25). The SMILES string of the molecule is COc1ccc(CCNC(=O)C(=O)Nc2cccc(C(C)=O)c2)cc1OC. The molecule has 142 valence electrons. The lowest BCUT2D eigenvalue weighted by Gasteiger charge is -2.10. The van der Waals surface area contributed by atoms with Crippen molar-refractivity contribution in [3.05, 3.63) is 53.6 Å². The first-order valence-electron chi connectivity index (χ1n) is 8.35. The number of ketones is 1. The molecule has 0 radical (unpaired) electrons. The molecule has 0 aliphatic heterocycles. The molecule has 0 atom stereocenters. The van der Waals surface area contributed by atoms with E-state index in [4.69, 9.17) is 9.47 Å². The van der Waals surface area contributed by atoms with E-state index in [9.17, 15) is 14.4 Å². The Labute approximate surface area is 157 Å². The van der Waals surface area contributed by atoms with Crippen LogP contribution < -0.4 is 20.1 Å². The van der Waals surface area contributed by atoms with Crippen LogP contribution in [0.3, 0.4) is 0 Å². The average Bonchev–Trinajstić information content (AvgIpc) is 2.67. The minimum atomic E-state index is -0.789. The highest BCUT2D eigenvalue weighted by Crippen LogP contribution is 2.27. The Bertz CT molecular complexity index is 848. The Balaban J connectivity index is 1.87. The molecule has 2 aromatic carbocycles. The lowest BCUT2D eigenvalue weighted by atomic mass is 10.1. The van der Waals surface area contributed by atoms with Crippen LogP contribution in [0.2, 0.25) is 0 Å². The zero-order valence-electron chi connectivity index (χ0n) is 15.5. The Hall–Kier alpha value is -3.35. The smallest absolute Gasteiger partial charge is 0.313 e. The van der Waals surface area contributed by atoms with E-state index in [0.717, 1.165) is 5.56 Å². The quantitative estimate of drug-likeness (QED) is 0.576. The van der Waals surface area contributed by atoms with Crippen LogP contribution in [0.25, 0.3) is 0 Å². The lowest BCUT2D eigenvalue weighted by Crippen LogP contribution is -2.36. The Morgan fingerprint density at radius 2 is 1.67 bits per heavy atom. The van der Waals surface area contributed by atoms with E-state index in [1.807, 2.05) is 12.1 Å². The minimum absolute atomic E-state index is 0.120. The molecule has 2 N–H and O–H groups in total. The maximum atomic E-state index is 12.0. The predicted octanol–water partition coefficient (Wildman–Crippen LogP) is 2.20. The number of Topliss-reactive ketones (excluding diaryl/α,β-unsaturated/α-hetero) is 1. The zero-order chi connectivity index (χ0) is 19.8. The molecular weight excluding hydrogens is 348 g/mol. The maximum absolute atomic E-state index is 12.0. The van der Waals surface area contributed by atoms with Crippen molar-refractivity contribution in [1.82, 2.24) is 5.32 Å². The van der Waals surface area contributed by atoms with Gasteiger partial charge in [0.25, 0.3) is 0 Å². The number of carbonyl (C=O) groups excluding carboxylic acids is 3. The average molecular weight is 370 g/mol. The number of nitrogens with one attached hydrogen (secondary N) is 2. The van der Waals surface area contributed by atoms with Gasteiger partial charge in [-0.15, -0.1) is 0 Å². The Morgan fingerprint density at radius 3 is 2.33 bits per heavy atom. The maximum Gasteiger partial charge on any atom is 0.313 e. The van der Waals surface area contributed by atoms with Gasteiger partial charge in [0.15, 0.2) is 17.3 Å². The van der Waals surface area contributed by atoms with Gasteiger partial charge >= 0.3 is 11.8 Å². The van der Waals surface area contributed by atoms with E-state index in [-0.39, 0.29) is 12.3 Å². The number of rotatable bonds is 7. The number of amides is 2. The van der Waals surface area contributed by atoms with Gasteiger partial charge in [0.1, 0.15) is 0 Å². The van der Waals surface area contributed by atoms with Crippen molar-refractivity contribution in [2.24, 2.45) is 0 Å². The van der Waals surface area contributed by atoms with Gasteiger partial charge in [-0.05, 0) is 43.2 Å². The Morgan fingerprint density at radius 1 is 0.926 bits per heavy atom. The van der Waals surface area contributed by atoms with Crippen LogP contribution in [0.15, 0.2) is 42.5 Å². The molecule has 0 heterocycles. The van der Waals surface area contributed by atoms with Crippen molar-refractivity contribution in [1.29, 1.82) is 0 Å². The van der Waals surface area contributed by atoms with Crippen molar-refractivity contribution in [2.45, 2.75) is 13.3 Å². The summed E-state index contributed by atoms with van der Waals surface area (Å²) >= 11 is 0. The molecule has 0 saturated carbocycles. The summed E-state index contributed by atoms with van der Waals surface area (Å²) in [4.78, 5) is 35.3. The highest BCUT2D eigenvalue weighted by atomic mass is 16.5. The second kappa shape index (κ2) is 9.38. The van der Waals surface area contributed by atoms with Crippen LogP contribution in [0.4, 0.5) is 5.69 Å².